The number of aromatic amines is 1. The van der Waals surface area contributed by atoms with Gasteiger partial charge in [0.05, 0.1) is 10.7 Å². The van der Waals surface area contributed by atoms with E-state index >= 15 is 0 Å². The molecule has 2 aliphatic rings. The van der Waals surface area contributed by atoms with Gasteiger partial charge in [0, 0.05) is 24.2 Å². The van der Waals surface area contributed by atoms with E-state index < -0.39 is 5.82 Å². The number of benzene rings is 1. The fourth-order valence-corrected chi connectivity index (χ4v) is 4.45. The van der Waals surface area contributed by atoms with Gasteiger partial charge in [-0.2, -0.15) is 5.10 Å². The highest BCUT2D eigenvalue weighted by atomic mass is 35.5. The Morgan fingerprint density at radius 3 is 2.67 bits per heavy atom. The molecule has 0 spiro atoms. The predicted octanol–water partition coefficient (Wildman–Crippen LogP) is 4.42. The summed E-state index contributed by atoms with van der Waals surface area (Å²) < 4.78 is 13.2. The Morgan fingerprint density at radius 1 is 1.23 bits per heavy atom. The number of hydrogen-bond acceptors (Lipinski definition) is 3. The average molecular weight is 433 g/mol. The Morgan fingerprint density at radius 2 is 2.00 bits per heavy atom. The monoisotopic (exact) mass is 432 g/mol. The van der Waals surface area contributed by atoms with E-state index in [0.717, 1.165) is 44.2 Å². The van der Waals surface area contributed by atoms with Gasteiger partial charge in [-0.25, -0.2) is 4.39 Å². The second kappa shape index (κ2) is 9.16. The Hall–Kier alpha value is -2.41. The first-order valence-corrected chi connectivity index (χ1v) is 10.9. The summed E-state index contributed by atoms with van der Waals surface area (Å²) in [4.78, 5) is 25.5. The minimum Gasteiger partial charge on any atom is -0.348 e. The Balaban J connectivity index is 1.23. The van der Waals surface area contributed by atoms with E-state index in [1.807, 2.05) is 6.07 Å². The van der Waals surface area contributed by atoms with Crippen molar-refractivity contribution in [2.45, 2.75) is 56.9 Å². The lowest BCUT2D eigenvalue weighted by atomic mass is 9.84. The topological polar surface area (TPSA) is 78.1 Å². The summed E-state index contributed by atoms with van der Waals surface area (Å²) in [6.45, 7) is 0.535. The summed E-state index contributed by atoms with van der Waals surface area (Å²) in [5.74, 6) is 0.491. The molecule has 2 amide bonds. The van der Waals surface area contributed by atoms with E-state index in [1.165, 1.54) is 35.9 Å². The van der Waals surface area contributed by atoms with Crippen LogP contribution in [0.15, 0.2) is 24.3 Å². The lowest BCUT2D eigenvalue weighted by molar-refractivity contribution is -0.107. The molecule has 4 rings (SSSR count). The third-order valence-electron chi connectivity index (χ3n) is 6.15. The van der Waals surface area contributed by atoms with Crippen LogP contribution in [0.1, 0.15) is 67.0 Å². The Labute approximate surface area is 180 Å². The first kappa shape index (κ1) is 20.8. The standard InChI is InChI=1S/C22H26ClFN4O2/c23-18-11-16(24)5-8-21(18)28(13-29)10-9-14-1-6-17(7-2-14)25-22(30)20-12-19(26-27-20)15-3-4-15/h5,8,11-15,17H,1-4,6-7,9-10H2,(H,25,30)(H,26,27). The van der Waals surface area contributed by atoms with Crippen LogP contribution in [0.5, 0.6) is 0 Å². The van der Waals surface area contributed by atoms with E-state index in [4.69, 9.17) is 11.6 Å². The zero-order valence-corrected chi connectivity index (χ0v) is 17.5. The summed E-state index contributed by atoms with van der Waals surface area (Å²) in [6, 6.07) is 6.07. The minimum absolute atomic E-state index is 0.111. The number of H-pyrrole nitrogens is 1. The van der Waals surface area contributed by atoms with Crippen LogP contribution >= 0.6 is 11.6 Å². The first-order chi connectivity index (χ1) is 14.5. The third-order valence-corrected chi connectivity index (χ3v) is 6.46. The fourth-order valence-electron chi connectivity index (χ4n) is 4.18. The molecule has 2 N–H and O–H groups in total. The van der Waals surface area contributed by atoms with Crippen LogP contribution in [0.2, 0.25) is 5.02 Å². The molecule has 0 aliphatic heterocycles. The number of nitrogens with zero attached hydrogens (tertiary/aromatic N) is 2. The molecule has 6 nitrogen and oxygen atoms in total. The van der Waals surface area contributed by atoms with Gasteiger partial charge >= 0.3 is 0 Å². The van der Waals surface area contributed by atoms with Crippen LogP contribution in [0, 0.1) is 11.7 Å². The molecular formula is C22H26ClFN4O2. The van der Waals surface area contributed by atoms with Gasteiger partial charge in [0.15, 0.2) is 0 Å². The van der Waals surface area contributed by atoms with Crippen molar-refractivity contribution in [3.8, 4) is 0 Å². The quantitative estimate of drug-likeness (QED) is 0.606. The second-order valence-electron chi connectivity index (χ2n) is 8.36. The van der Waals surface area contributed by atoms with E-state index in [-0.39, 0.29) is 17.0 Å². The number of carbonyl (C=O) groups is 2. The number of rotatable bonds is 8. The second-order valence-corrected chi connectivity index (χ2v) is 8.76. The van der Waals surface area contributed by atoms with E-state index in [9.17, 15) is 14.0 Å². The molecule has 0 unspecified atom stereocenters. The number of nitrogens with one attached hydrogen (secondary N) is 2. The highest BCUT2D eigenvalue weighted by Gasteiger charge is 2.28. The summed E-state index contributed by atoms with van der Waals surface area (Å²) >= 11 is 6.08. The molecule has 0 saturated heterocycles. The number of amides is 2. The highest BCUT2D eigenvalue weighted by molar-refractivity contribution is 6.33. The SMILES string of the molecule is O=CN(CCC1CCC(NC(=O)c2cc(C3CC3)[nH]n2)CC1)c1ccc(F)cc1Cl. The summed E-state index contributed by atoms with van der Waals surface area (Å²) in [6.07, 6.45) is 7.72. The van der Waals surface area contributed by atoms with Crippen molar-refractivity contribution in [1.29, 1.82) is 0 Å². The molecule has 30 heavy (non-hydrogen) atoms. The van der Waals surface area contributed by atoms with Crippen molar-refractivity contribution in [1.82, 2.24) is 15.5 Å². The number of aromatic nitrogens is 2. The van der Waals surface area contributed by atoms with Crippen molar-refractivity contribution in [2.75, 3.05) is 11.4 Å². The molecule has 2 aromatic rings. The maximum atomic E-state index is 13.2. The van der Waals surface area contributed by atoms with E-state index in [1.54, 1.807) is 0 Å². The van der Waals surface area contributed by atoms with Crippen molar-refractivity contribution in [2.24, 2.45) is 5.92 Å². The molecule has 1 aromatic heterocycles. The highest BCUT2D eigenvalue weighted by Crippen LogP contribution is 2.39. The fraction of sp³-hybridized carbons (Fsp3) is 0.500. The molecule has 2 saturated carbocycles. The van der Waals surface area contributed by atoms with Gasteiger partial charge in [0.2, 0.25) is 6.41 Å². The summed E-state index contributed by atoms with van der Waals surface area (Å²) in [5, 5.41) is 10.5. The van der Waals surface area contributed by atoms with Gasteiger partial charge in [-0.15, -0.1) is 0 Å². The predicted molar refractivity (Wildman–Crippen MR) is 113 cm³/mol. The average Bonchev–Trinajstić information content (AvgIpc) is 3.47. The van der Waals surface area contributed by atoms with Crippen molar-refractivity contribution in [3.05, 3.63) is 46.5 Å². The Bertz CT molecular complexity index is 906. The third kappa shape index (κ3) is 5.01. The molecule has 2 fully saturated rings. The van der Waals surface area contributed by atoms with Crippen molar-refractivity contribution in [3.63, 3.8) is 0 Å². The van der Waals surface area contributed by atoms with Crippen LogP contribution < -0.4 is 10.2 Å². The molecule has 1 aromatic carbocycles. The molecule has 8 heteroatoms. The maximum absolute atomic E-state index is 13.2. The van der Waals surface area contributed by atoms with Gasteiger partial charge in [-0.3, -0.25) is 14.7 Å². The molecule has 160 valence electrons. The summed E-state index contributed by atoms with van der Waals surface area (Å²) in [5.41, 5.74) is 2.06. The van der Waals surface area contributed by atoms with Crippen LogP contribution in [0.3, 0.4) is 0 Å². The van der Waals surface area contributed by atoms with Gasteiger partial charge in [0.1, 0.15) is 11.5 Å². The molecule has 2 aliphatic carbocycles. The van der Waals surface area contributed by atoms with Crippen molar-refractivity contribution >= 4 is 29.6 Å². The van der Waals surface area contributed by atoms with E-state index in [0.29, 0.717) is 29.8 Å². The van der Waals surface area contributed by atoms with Crippen LogP contribution in [0.25, 0.3) is 0 Å². The number of halogens is 2. The van der Waals surface area contributed by atoms with Gasteiger partial charge in [-0.05, 0) is 75.1 Å². The van der Waals surface area contributed by atoms with Gasteiger partial charge in [0.25, 0.3) is 5.91 Å². The normalized spacial score (nSPS) is 21.3. The van der Waals surface area contributed by atoms with E-state index in [2.05, 4.69) is 15.5 Å². The molecular weight excluding hydrogens is 407 g/mol. The zero-order valence-electron chi connectivity index (χ0n) is 16.7. The number of anilines is 1. The zero-order chi connectivity index (χ0) is 21.1. The maximum Gasteiger partial charge on any atom is 0.271 e. The minimum atomic E-state index is -0.423. The number of hydrogen-bond donors (Lipinski definition) is 2. The van der Waals surface area contributed by atoms with Crippen LogP contribution in [-0.2, 0) is 4.79 Å². The lowest BCUT2D eigenvalue weighted by Gasteiger charge is -2.30. The van der Waals surface area contributed by atoms with Crippen molar-refractivity contribution < 1.29 is 14.0 Å². The Kier molecular flexibility index (Phi) is 6.37. The first-order valence-electron chi connectivity index (χ1n) is 10.6. The van der Waals surface area contributed by atoms with Gasteiger partial charge in [-0.1, -0.05) is 11.6 Å². The largest absolute Gasteiger partial charge is 0.348 e. The molecule has 0 radical (unpaired) electrons. The number of carbonyl (C=O) groups excluding carboxylic acids is 2. The lowest BCUT2D eigenvalue weighted by Crippen LogP contribution is -2.38. The molecule has 0 atom stereocenters. The molecule has 1 heterocycles. The van der Waals surface area contributed by atoms with Crippen LogP contribution in [-0.4, -0.2) is 35.1 Å². The molecule has 0 bridgehead atoms. The van der Waals surface area contributed by atoms with Crippen LogP contribution in [0.4, 0.5) is 10.1 Å². The van der Waals surface area contributed by atoms with Gasteiger partial charge < -0.3 is 10.2 Å². The smallest absolute Gasteiger partial charge is 0.271 e. The summed E-state index contributed by atoms with van der Waals surface area (Å²) in [7, 11) is 0.